The van der Waals surface area contributed by atoms with Crippen molar-refractivity contribution in [2.75, 3.05) is 32.9 Å². The highest BCUT2D eigenvalue weighted by atomic mass is 35.5. The highest BCUT2D eigenvalue weighted by Gasteiger charge is 2.32. The van der Waals surface area contributed by atoms with Gasteiger partial charge >= 0.3 is 0 Å². The fourth-order valence-electron chi connectivity index (χ4n) is 2.98. The Labute approximate surface area is 175 Å². The Morgan fingerprint density at radius 3 is 2.50 bits per heavy atom. The lowest BCUT2D eigenvalue weighted by Gasteiger charge is -2.24. The molecule has 1 N–H and O–H groups in total. The minimum absolute atomic E-state index is 0.0472. The first-order valence-corrected chi connectivity index (χ1v) is 10.5. The molecule has 0 unspecified atom stereocenters. The van der Waals surface area contributed by atoms with Gasteiger partial charge in [-0.25, -0.2) is 0 Å². The van der Waals surface area contributed by atoms with Gasteiger partial charge < -0.3 is 15.1 Å². The second-order valence-corrected chi connectivity index (χ2v) is 8.50. The second kappa shape index (κ2) is 9.45. The molecule has 148 valence electrons. The number of likely N-dealkylation sites (N-methyl/N-ethyl adjacent to an activating group) is 1. The smallest absolute Gasteiger partial charge is 0.251 e. The number of rotatable bonds is 7. The molecule has 0 radical (unpaired) electrons. The van der Waals surface area contributed by atoms with Crippen molar-refractivity contribution < 1.29 is 9.59 Å². The normalized spacial score (nSPS) is 16.6. The topological polar surface area (TPSA) is 52.7 Å². The standard InChI is InChI=1S/C21H24ClN3O2S/c1-24(2)12-11-23-20(27)16-5-7-17(8-6-16)21-25(19(26)14-28-21)13-15-3-9-18(22)10-4-15/h3-10,21H,11-14H2,1-2H3,(H,23,27)/t21-/m1/s1. The van der Waals surface area contributed by atoms with E-state index in [0.717, 1.165) is 17.7 Å². The molecule has 0 spiro atoms. The van der Waals surface area contributed by atoms with Crippen LogP contribution in [-0.2, 0) is 11.3 Å². The Morgan fingerprint density at radius 2 is 1.86 bits per heavy atom. The number of halogens is 1. The minimum atomic E-state index is -0.0819. The zero-order valence-corrected chi connectivity index (χ0v) is 17.6. The van der Waals surface area contributed by atoms with Crippen LogP contribution in [-0.4, -0.2) is 54.6 Å². The number of hydrogen-bond donors (Lipinski definition) is 1. The molecular formula is C21H24ClN3O2S. The van der Waals surface area contributed by atoms with Crippen molar-refractivity contribution in [2.24, 2.45) is 0 Å². The summed E-state index contributed by atoms with van der Waals surface area (Å²) in [5.41, 5.74) is 2.69. The summed E-state index contributed by atoms with van der Waals surface area (Å²) in [5.74, 6) is 0.502. The molecule has 2 amide bonds. The number of thioether (sulfide) groups is 1. The summed E-state index contributed by atoms with van der Waals surface area (Å²) in [6.07, 6.45) is 0. The predicted octanol–water partition coefficient (Wildman–Crippen LogP) is 3.41. The minimum Gasteiger partial charge on any atom is -0.351 e. The summed E-state index contributed by atoms with van der Waals surface area (Å²) >= 11 is 7.56. The highest BCUT2D eigenvalue weighted by molar-refractivity contribution is 8.00. The fraction of sp³-hybridized carbons (Fsp3) is 0.333. The van der Waals surface area contributed by atoms with Crippen molar-refractivity contribution in [1.82, 2.24) is 15.1 Å². The van der Waals surface area contributed by atoms with Gasteiger partial charge in [-0.15, -0.1) is 11.8 Å². The van der Waals surface area contributed by atoms with E-state index < -0.39 is 0 Å². The molecule has 3 rings (SSSR count). The van der Waals surface area contributed by atoms with Crippen molar-refractivity contribution in [3.05, 3.63) is 70.2 Å². The molecular weight excluding hydrogens is 394 g/mol. The van der Waals surface area contributed by atoms with Crippen LogP contribution in [0.3, 0.4) is 0 Å². The van der Waals surface area contributed by atoms with Crippen molar-refractivity contribution in [3.8, 4) is 0 Å². The Morgan fingerprint density at radius 1 is 1.18 bits per heavy atom. The van der Waals surface area contributed by atoms with Crippen LogP contribution in [0.2, 0.25) is 5.02 Å². The molecule has 0 aromatic heterocycles. The lowest BCUT2D eigenvalue weighted by Crippen LogP contribution is -2.31. The summed E-state index contributed by atoms with van der Waals surface area (Å²) in [5, 5.41) is 3.55. The van der Waals surface area contributed by atoms with E-state index in [1.165, 1.54) is 0 Å². The van der Waals surface area contributed by atoms with E-state index >= 15 is 0 Å². The van der Waals surface area contributed by atoms with Gasteiger partial charge in [0.25, 0.3) is 5.91 Å². The van der Waals surface area contributed by atoms with Gasteiger partial charge in [-0.3, -0.25) is 9.59 Å². The molecule has 1 aliphatic heterocycles. The van der Waals surface area contributed by atoms with Gasteiger partial charge in [0.05, 0.1) is 5.75 Å². The molecule has 1 heterocycles. The molecule has 1 fully saturated rings. The zero-order chi connectivity index (χ0) is 20.1. The average Bonchev–Trinajstić information content (AvgIpc) is 3.04. The Bertz CT molecular complexity index is 825. The number of hydrogen-bond acceptors (Lipinski definition) is 4. The molecule has 2 aromatic carbocycles. The van der Waals surface area contributed by atoms with Crippen LogP contribution in [0.1, 0.15) is 26.9 Å². The average molecular weight is 418 g/mol. The van der Waals surface area contributed by atoms with E-state index in [1.54, 1.807) is 11.8 Å². The first-order valence-electron chi connectivity index (χ1n) is 9.12. The van der Waals surface area contributed by atoms with E-state index in [-0.39, 0.29) is 17.2 Å². The first-order chi connectivity index (χ1) is 13.4. The van der Waals surface area contributed by atoms with Gasteiger partial charge in [0.1, 0.15) is 5.37 Å². The molecule has 5 nitrogen and oxygen atoms in total. The fourth-order valence-corrected chi connectivity index (χ4v) is 4.30. The van der Waals surface area contributed by atoms with Crippen molar-refractivity contribution in [3.63, 3.8) is 0 Å². The number of carbonyl (C=O) groups is 2. The van der Waals surface area contributed by atoms with Gasteiger partial charge in [-0.1, -0.05) is 35.9 Å². The SMILES string of the molecule is CN(C)CCNC(=O)c1ccc([C@H]2SCC(=O)N2Cc2ccc(Cl)cc2)cc1. The number of nitrogens with one attached hydrogen (secondary N) is 1. The lowest BCUT2D eigenvalue weighted by molar-refractivity contribution is -0.128. The molecule has 1 atom stereocenters. The molecule has 0 bridgehead atoms. The number of benzene rings is 2. The van der Waals surface area contributed by atoms with Crippen LogP contribution >= 0.6 is 23.4 Å². The van der Waals surface area contributed by atoms with Crippen LogP contribution in [0.15, 0.2) is 48.5 Å². The van der Waals surface area contributed by atoms with Crippen molar-refractivity contribution in [2.45, 2.75) is 11.9 Å². The van der Waals surface area contributed by atoms with E-state index in [2.05, 4.69) is 5.32 Å². The van der Waals surface area contributed by atoms with Gasteiger partial charge in [0.15, 0.2) is 0 Å². The van der Waals surface area contributed by atoms with E-state index in [9.17, 15) is 9.59 Å². The van der Waals surface area contributed by atoms with E-state index in [4.69, 9.17) is 11.6 Å². The zero-order valence-electron chi connectivity index (χ0n) is 16.0. The molecule has 2 aromatic rings. The van der Waals surface area contributed by atoms with Gasteiger partial charge in [0.2, 0.25) is 5.91 Å². The van der Waals surface area contributed by atoms with Crippen LogP contribution in [0.5, 0.6) is 0 Å². The molecule has 0 saturated carbocycles. The largest absolute Gasteiger partial charge is 0.351 e. The molecule has 28 heavy (non-hydrogen) atoms. The second-order valence-electron chi connectivity index (χ2n) is 6.99. The van der Waals surface area contributed by atoms with Gasteiger partial charge in [-0.05, 0) is 49.5 Å². The third-order valence-electron chi connectivity index (χ3n) is 4.54. The summed E-state index contributed by atoms with van der Waals surface area (Å²) in [7, 11) is 3.94. The third-order valence-corrected chi connectivity index (χ3v) is 6.04. The Kier molecular flexibility index (Phi) is 6.99. The number of amides is 2. The molecule has 1 saturated heterocycles. The predicted molar refractivity (Wildman–Crippen MR) is 115 cm³/mol. The maximum absolute atomic E-state index is 12.4. The van der Waals surface area contributed by atoms with Gasteiger partial charge in [-0.2, -0.15) is 0 Å². The van der Waals surface area contributed by atoms with E-state index in [1.807, 2.05) is 72.4 Å². The maximum Gasteiger partial charge on any atom is 0.251 e. The van der Waals surface area contributed by atoms with Gasteiger partial charge in [0, 0.05) is 30.2 Å². The summed E-state index contributed by atoms with van der Waals surface area (Å²) in [6, 6.07) is 15.1. The van der Waals surface area contributed by atoms with Crippen LogP contribution in [0.25, 0.3) is 0 Å². The number of carbonyl (C=O) groups excluding carboxylic acids is 2. The van der Waals surface area contributed by atoms with Crippen LogP contribution in [0.4, 0.5) is 0 Å². The Hall–Kier alpha value is -2.02. The van der Waals surface area contributed by atoms with E-state index in [0.29, 0.717) is 29.4 Å². The van der Waals surface area contributed by atoms with Crippen molar-refractivity contribution in [1.29, 1.82) is 0 Å². The molecule has 0 aliphatic carbocycles. The Balaban J connectivity index is 1.66. The summed E-state index contributed by atoms with van der Waals surface area (Å²) < 4.78 is 0. The van der Waals surface area contributed by atoms with Crippen LogP contribution in [0, 0.1) is 0 Å². The lowest BCUT2D eigenvalue weighted by atomic mass is 10.1. The summed E-state index contributed by atoms with van der Waals surface area (Å²) in [4.78, 5) is 28.5. The number of nitrogens with zero attached hydrogens (tertiary/aromatic N) is 2. The molecule has 1 aliphatic rings. The third kappa shape index (κ3) is 5.28. The summed E-state index contributed by atoms with van der Waals surface area (Å²) in [6.45, 7) is 1.94. The first kappa shape index (κ1) is 20.7. The van der Waals surface area contributed by atoms with Crippen molar-refractivity contribution >= 4 is 35.2 Å². The van der Waals surface area contributed by atoms with Crippen LogP contribution < -0.4 is 5.32 Å². The maximum atomic E-state index is 12.4. The monoisotopic (exact) mass is 417 g/mol. The quantitative estimate of drug-likeness (QED) is 0.750. The highest BCUT2D eigenvalue weighted by Crippen LogP contribution is 2.39. The molecule has 7 heteroatoms.